The van der Waals surface area contributed by atoms with Gasteiger partial charge >= 0.3 is 0 Å². The zero-order chi connectivity index (χ0) is 18.1. The summed E-state index contributed by atoms with van der Waals surface area (Å²) in [6.07, 6.45) is 3.12. The standard InChI is InChI=1S/C19H14ClN5O/c1-13-23-18-17(12-22-25(18)16-5-3-2-4-6-16)19(26)24(13)21-11-14-7-9-15(20)10-8-14/h2-12H,1H3. The van der Waals surface area contributed by atoms with Gasteiger partial charge in [0.15, 0.2) is 5.65 Å². The maximum Gasteiger partial charge on any atom is 0.285 e. The Bertz CT molecular complexity index is 1160. The number of nitrogens with zero attached hydrogens (tertiary/aromatic N) is 5. The lowest BCUT2D eigenvalue weighted by atomic mass is 10.2. The van der Waals surface area contributed by atoms with Crippen LogP contribution in [0.4, 0.5) is 0 Å². The normalized spacial score (nSPS) is 11.5. The van der Waals surface area contributed by atoms with Crippen LogP contribution in [0.15, 0.2) is 70.7 Å². The van der Waals surface area contributed by atoms with Crippen molar-refractivity contribution in [3.63, 3.8) is 0 Å². The highest BCUT2D eigenvalue weighted by Crippen LogP contribution is 2.14. The highest BCUT2D eigenvalue weighted by molar-refractivity contribution is 6.30. The van der Waals surface area contributed by atoms with Crippen molar-refractivity contribution in [3.8, 4) is 5.69 Å². The number of rotatable bonds is 3. The molecule has 0 spiro atoms. The molecule has 0 aliphatic rings. The predicted molar refractivity (Wildman–Crippen MR) is 102 cm³/mol. The van der Waals surface area contributed by atoms with Crippen molar-refractivity contribution in [1.82, 2.24) is 19.4 Å². The summed E-state index contributed by atoms with van der Waals surface area (Å²) < 4.78 is 2.92. The van der Waals surface area contributed by atoms with Crippen LogP contribution in [-0.2, 0) is 0 Å². The predicted octanol–water partition coefficient (Wildman–Crippen LogP) is 3.43. The number of benzene rings is 2. The lowest BCUT2D eigenvalue weighted by Gasteiger charge is -2.05. The number of fused-ring (bicyclic) bond motifs is 1. The van der Waals surface area contributed by atoms with E-state index in [0.717, 1.165) is 11.3 Å². The first-order valence-corrected chi connectivity index (χ1v) is 8.34. The van der Waals surface area contributed by atoms with Crippen molar-refractivity contribution < 1.29 is 0 Å². The first-order valence-electron chi connectivity index (χ1n) is 7.96. The van der Waals surface area contributed by atoms with Gasteiger partial charge in [-0.25, -0.2) is 9.67 Å². The van der Waals surface area contributed by atoms with Gasteiger partial charge in [-0.3, -0.25) is 4.79 Å². The van der Waals surface area contributed by atoms with Crippen molar-refractivity contribution in [2.45, 2.75) is 6.92 Å². The summed E-state index contributed by atoms with van der Waals surface area (Å²) in [6.45, 7) is 1.74. The molecule has 0 atom stereocenters. The summed E-state index contributed by atoms with van der Waals surface area (Å²) in [6, 6.07) is 16.7. The lowest BCUT2D eigenvalue weighted by molar-refractivity contribution is 0.765. The number of para-hydroxylation sites is 1. The van der Waals surface area contributed by atoms with Crippen LogP contribution < -0.4 is 5.56 Å². The lowest BCUT2D eigenvalue weighted by Crippen LogP contribution is -2.20. The number of halogens is 1. The van der Waals surface area contributed by atoms with Crippen LogP contribution in [0.5, 0.6) is 0 Å². The molecule has 2 heterocycles. The van der Waals surface area contributed by atoms with Crippen molar-refractivity contribution in [2.75, 3.05) is 0 Å². The van der Waals surface area contributed by atoms with E-state index in [1.54, 1.807) is 30.0 Å². The Kier molecular flexibility index (Phi) is 4.10. The van der Waals surface area contributed by atoms with E-state index in [1.165, 1.54) is 10.9 Å². The highest BCUT2D eigenvalue weighted by Gasteiger charge is 2.13. The van der Waals surface area contributed by atoms with Gasteiger partial charge in [-0.15, -0.1) is 0 Å². The van der Waals surface area contributed by atoms with Gasteiger partial charge in [-0.2, -0.15) is 14.9 Å². The molecule has 7 heteroatoms. The minimum atomic E-state index is -0.264. The second-order valence-electron chi connectivity index (χ2n) is 5.70. The fourth-order valence-electron chi connectivity index (χ4n) is 2.63. The molecule has 0 radical (unpaired) electrons. The van der Waals surface area contributed by atoms with E-state index in [0.29, 0.717) is 21.9 Å². The van der Waals surface area contributed by atoms with Crippen molar-refractivity contribution in [3.05, 3.63) is 87.6 Å². The molecule has 4 aromatic rings. The molecule has 2 aromatic heterocycles. The molecule has 4 rings (SSSR count). The third kappa shape index (κ3) is 2.91. The summed E-state index contributed by atoms with van der Waals surface area (Å²) in [7, 11) is 0. The molecule has 0 saturated carbocycles. The topological polar surface area (TPSA) is 65.1 Å². The zero-order valence-electron chi connectivity index (χ0n) is 13.9. The Balaban J connectivity index is 1.80. The average Bonchev–Trinajstić information content (AvgIpc) is 3.07. The van der Waals surface area contributed by atoms with Gasteiger partial charge in [0, 0.05) is 5.02 Å². The molecule has 0 N–H and O–H groups in total. The minimum absolute atomic E-state index is 0.264. The summed E-state index contributed by atoms with van der Waals surface area (Å²) in [5.41, 5.74) is 1.92. The second kappa shape index (κ2) is 6.57. The van der Waals surface area contributed by atoms with Crippen LogP contribution in [0.3, 0.4) is 0 Å². The molecular weight excluding hydrogens is 350 g/mol. The van der Waals surface area contributed by atoms with E-state index < -0.39 is 0 Å². The van der Waals surface area contributed by atoms with Gasteiger partial charge in [0.2, 0.25) is 0 Å². The third-order valence-corrected chi connectivity index (χ3v) is 4.19. The number of aryl methyl sites for hydroxylation is 1. The number of hydrogen-bond donors (Lipinski definition) is 0. The van der Waals surface area contributed by atoms with E-state index in [2.05, 4.69) is 15.2 Å². The highest BCUT2D eigenvalue weighted by atomic mass is 35.5. The van der Waals surface area contributed by atoms with E-state index >= 15 is 0 Å². The molecule has 26 heavy (non-hydrogen) atoms. The Morgan fingerprint density at radius 1 is 1.08 bits per heavy atom. The molecule has 0 amide bonds. The van der Waals surface area contributed by atoms with Gasteiger partial charge < -0.3 is 0 Å². The average molecular weight is 364 g/mol. The molecule has 0 saturated heterocycles. The molecule has 0 unspecified atom stereocenters. The van der Waals surface area contributed by atoms with E-state index in [9.17, 15) is 4.79 Å². The van der Waals surface area contributed by atoms with E-state index in [1.807, 2.05) is 42.5 Å². The summed E-state index contributed by atoms with van der Waals surface area (Å²) in [5.74, 6) is 0.477. The molecule has 0 aliphatic carbocycles. The third-order valence-electron chi connectivity index (χ3n) is 3.93. The van der Waals surface area contributed by atoms with Gasteiger partial charge in [-0.05, 0) is 36.8 Å². The van der Waals surface area contributed by atoms with Crippen LogP contribution in [0.2, 0.25) is 5.02 Å². The minimum Gasteiger partial charge on any atom is -0.266 e. The smallest absolute Gasteiger partial charge is 0.266 e. The van der Waals surface area contributed by atoms with Crippen molar-refractivity contribution in [2.24, 2.45) is 5.10 Å². The first kappa shape index (κ1) is 16.2. The van der Waals surface area contributed by atoms with Gasteiger partial charge in [0.1, 0.15) is 11.2 Å². The van der Waals surface area contributed by atoms with E-state index in [-0.39, 0.29) is 5.56 Å². The number of hydrogen-bond acceptors (Lipinski definition) is 4. The van der Waals surface area contributed by atoms with Gasteiger partial charge in [-0.1, -0.05) is 41.9 Å². The van der Waals surface area contributed by atoms with Gasteiger partial charge in [0.25, 0.3) is 5.56 Å². The summed E-state index contributed by atoms with van der Waals surface area (Å²) >= 11 is 5.88. The Hall–Kier alpha value is -3.25. The maximum absolute atomic E-state index is 12.8. The second-order valence-corrected chi connectivity index (χ2v) is 6.14. The van der Waals surface area contributed by atoms with Crippen LogP contribution in [0.1, 0.15) is 11.4 Å². The summed E-state index contributed by atoms with van der Waals surface area (Å²) in [5, 5.41) is 9.64. The monoisotopic (exact) mass is 363 g/mol. The van der Waals surface area contributed by atoms with Crippen molar-refractivity contribution in [1.29, 1.82) is 0 Å². The fourth-order valence-corrected chi connectivity index (χ4v) is 2.76. The SMILES string of the molecule is Cc1nc2c(cnn2-c2ccccc2)c(=O)n1N=Cc1ccc(Cl)cc1. The van der Waals surface area contributed by atoms with Crippen LogP contribution in [0.25, 0.3) is 16.7 Å². The maximum atomic E-state index is 12.8. The molecule has 0 fully saturated rings. The first-order chi connectivity index (χ1) is 12.6. The fraction of sp³-hybridized carbons (Fsp3) is 0.0526. The number of aromatic nitrogens is 4. The van der Waals surface area contributed by atoms with Gasteiger partial charge in [0.05, 0.1) is 18.1 Å². The molecular formula is C19H14ClN5O. The largest absolute Gasteiger partial charge is 0.285 e. The zero-order valence-corrected chi connectivity index (χ0v) is 14.6. The molecule has 128 valence electrons. The Morgan fingerprint density at radius 3 is 2.54 bits per heavy atom. The van der Waals surface area contributed by atoms with E-state index in [4.69, 9.17) is 11.6 Å². The van der Waals surface area contributed by atoms with Crippen molar-refractivity contribution >= 4 is 28.8 Å². The van der Waals surface area contributed by atoms with Crippen LogP contribution >= 0.6 is 11.6 Å². The van der Waals surface area contributed by atoms with Crippen LogP contribution in [0, 0.1) is 6.92 Å². The molecule has 0 bridgehead atoms. The quantitative estimate of drug-likeness (QED) is 0.524. The molecule has 6 nitrogen and oxygen atoms in total. The molecule has 2 aromatic carbocycles. The Labute approximate surface area is 154 Å². The Morgan fingerprint density at radius 2 is 1.81 bits per heavy atom. The summed E-state index contributed by atoms with van der Waals surface area (Å²) in [4.78, 5) is 17.3. The molecule has 0 aliphatic heterocycles. The van der Waals surface area contributed by atoms with Crippen LogP contribution in [-0.4, -0.2) is 25.7 Å².